The number of hydrogen-bond acceptors (Lipinski definition) is 8. The Balaban J connectivity index is 1.52. The Morgan fingerprint density at radius 2 is 1.58 bits per heavy atom. The number of nitrogens with two attached hydrogens (primary N) is 4. The van der Waals surface area contributed by atoms with Gasteiger partial charge in [0, 0.05) is 44.7 Å². The first kappa shape index (κ1) is 38.3. The lowest BCUT2D eigenvalue weighted by molar-refractivity contribution is -0.143. The molecular formula is C36H53N9O5. The van der Waals surface area contributed by atoms with Gasteiger partial charge in [-0.2, -0.15) is 0 Å². The number of carbonyl (C=O) groups excluding carboxylic acids is 3. The molecule has 6 atom stereocenters. The van der Waals surface area contributed by atoms with Gasteiger partial charge in [0.25, 0.3) is 0 Å². The van der Waals surface area contributed by atoms with Crippen molar-refractivity contribution < 1.29 is 24.3 Å². The molecule has 2 aliphatic heterocycles. The van der Waals surface area contributed by atoms with E-state index in [-0.39, 0.29) is 49.4 Å². The van der Waals surface area contributed by atoms with Crippen LogP contribution in [0.15, 0.2) is 65.7 Å². The molecule has 3 amide bonds. The van der Waals surface area contributed by atoms with E-state index < -0.39 is 35.5 Å². The maximum Gasteiger partial charge on any atom is 0.325 e. The molecule has 2 fully saturated rings. The van der Waals surface area contributed by atoms with Crippen LogP contribution in [0.4, 0.5) is 0 Å². The molecule has 2 aromatic rings. The molecule has 0 radical (unpaired) electrons. The quantitative estimate of drug-likeness (QED) is 0.0711. The number of likely N-dealkylation sites (tertiary alicyclic amines) is 2. The van der Waals surface area contributed by atoms with Gasteiger partial charge in [-0.3, -0.25) is 24.2 Å². The van der Waals surface area contributed by atoms with Crippen molar-refractivity contribution in [3.05, 3.63) is 71.8 Å². The molecule has 272 valence electrons. The molecule has 2 aromatic carbocycles. The molecule has 2 unspecified atom stereocenters. The van der Waals surface area contributed by atoms with Crippen molar-refractivity contribution in [2.45, 2.75) is 94.0 Å². The summed E-state index contributed by atoms with van der Waals surface area (Å²) in [4.78, 5) is 60.8. The number of aliphatic carboxylic acids is 1. The molecule has 2 saturated heterocycles. The summed E-state index contributed by atoms with van der Waals surface area (Å²) in [5, 5.41) is 16.1. The third-order valence-electron chi connectivity index (χ3n) is 9.69. The van der Waals surface area contributed by atoms with E-state index in [4.69, 9.17) is 22.9 Å². The highest BCUT2D eigenvalue weighted by atomic mass is 16.4. The van der Waals surface area contributed by atoms with Crippen molar-refractivity contribution in [2.24, 2.45) is 27.9 Å². The maximum atomic E-state index is 14.4. The average Bonchev–Trinajstić information content (AvgIpc) is 3.52. The molecule has 11 N–H and O–H groups in total. The van der Waals surface area contributed by atoms with Gasteiger partial charge in [-0.15, -0.1) is 0 Å². The highest BCUT2D eigenvalue weighted by molar-refractivity contribution is 5.90. The Morgan fingerprint density at radius 1 is 0.940 bits per heavy atom. The molecule has 0 saturated carbocycles. The molecule has 0 aliphatic carbocycles. The monoisotopic (exact) mass is 691 g/mol. The molecule has 2 aliphatic rings. The fourth-order valence-corrected chi connectivity index (χ4v) is 6.87. The number of amides is 3. The maximum absolute atomic E-state index is 14.4. The van der Waals surface area contributed by atoms with Crippen LogP contribution >= 0.6 is 0 Å². The second-order valence-corrected chi connectivity index (χ2v) is 13.6. The lowest BCUT2D eigenvalue weighted by atomic mass is 9.93. The fraction of sp³-hybridized carbons (Fsp3) is 0.528. The number of piperidine rings is 1. The molecule has 0 bridgehead atoms. The zero-order chi connectivity index (χ0) is 36.3. The van der Waals surface area contributed by atoms with Gasteiger partial charge in [0.1, 0.15) is 11.6 Å². The number of carboxylic acids is 1. The first-order chi connectivity index (χ1) is 23.9. The average molecular weight is 692 g/mol. The predicted molar refractivity (Wildman–Crippen MR) is 192 cm³/mol. The largest absolute Gasteiger partial charge is 0.480 e. The van der Waals surface area contributed by atoms with E-state index in [0.29, 0.717) is 45.2 Å². The summed E-state index contributed by atoms with van der Waals surface area (Å²) < 4.78 is 0. The highest BCUT2D eigenvalue weighted by Crippen LogP contribution is 2.24. The van der Waals surface area contributed by atoms with Gasteiger partial charge in [-0.1, -0.05) is 60.7 Å². The van der Waals surface area contributed by atoms with Gasteiger partial charge >= 0.3 is 5.97 Å². The second kappa shape index (κ2) is 17.9. The van der Waals surface area contributed by atoms with E-state index in [1.807, 2.05) is 72.5 Å². The van der Waals surface area contributed by atoms with E-state index >= 15 is 0 Å². The zero-order valence-electron chi connectivity index (χ0n) is 28.9. The zero-order valence-corrected chi connectivity index (χ0v) is 28.9. The Kier molecular flexibility index (Phi) is 13.7. The summed E-state index contributed by atoms with van der Waals surface area (Å²) in [5.41, 5.74) is 23.7. The minimum atomic E-state index is -1.50. The normalized spacial score (nSPS) is 21.5. The van der Waals surface area contributed by atoms with E-state index in [1.54, 1.807) is 0 Å². The summed E-state index contributed by atoms with van der Waals surface area (Å²) in [7, 11) is 0. The molecule has 0 aromatic heterocycles. The van der Waals surface area contributed by atoms with E-state index in [0.717, 1.165) is 24.0 Å². The van der Waals surface area contributed by atoms with Crippen LogP contribution in [0.1, 0.15) is 56.6 Å². The summed E-state index contributed by atoms with van der Waals surface area (Å²) in [6.45, 7) is 2.89. The van der Waals surface area contributed by atoms with Crippen molar-refractivity contribution in [2.75, 3.05) is 26.2 Å². The Labute approximate surface area is 294 Å². The van der Waals surface area contributed by atoms with Crippen molar-refractivity contribution in [3.8, 4) is 0 Å². The van der Waals surface area contributed by atoms with Crippen LogP contribution in [0.25, 0.3) is 0 Å². The minimum Gasteiger partial charge on any atom is -0.480 e. The summed E-state index contributed by atoms with van der Waals surface area (Å²) in [5.74, 6) is -2.06. The molecule has 14 heteroatoms. The van der Waals surface area contributed by atoms with Crippen LogP contribution in [0.2, 0.25) is 0 Å². The van der Waals surface area contributed by atoms with Gasteiger partial charge in [0.05, 0.1) is 12.1 Å². The summed E-state index contributed by atoms with van der Waals surface area (Å²) >= 11 is 0. The van der Waals surface area contributed by atoms with Crippen molar-refractivity contribution in [1.29, 1.82) is 0 Å². The van der Waals surface area contributed by atoms with E-state index in [1.165, 1.54) is 4.90 Å². The number of benzene rings is 2. The predicted octanol–water partition coefficient (Wildman–Crippen LogP) is 0.0797. The first-order valence-electron chi connectivity index (χ1n) is 17.4. The van der Waals surface area contributed by atoms with Crippen molar-refractivity contribution in [1.82, 2.24) is 20.4 Å². The summed E-state index contributed by atoms with van der Waals surface area (Å²) in [6.07, 6.45) is 4.05. The van der Waals surface area contributed by atoms with Crippen molar-refractivity contribution >= 4 is 29.7 Å². The SMILES string of the molecule is CC(N[C@H](CCCN=C(N)N)C(=O)N1CCC(N)(C(=O)O)C1)[C@H]1CCCCN1C(=O)[C@@H](Cc1ccccc1)NC(=O)[C@H](N)Cc1ccccc1. The van der Waals surface area contributed by atoms with Crippen LogP contribution < -0.4 is 33.6 Å². The molecule has 50 heavy (non-hydrogen) atoms. The number of rotatable bonds is 16. The van der Waals surface area contributed by atoms with Crippen LogP contribution in [-0.2, 0) is 32.0 Å². The number of nitrogens with zero attached hydrogens (tertiary/aromatic N) is 3. The third kappa shape index (κ3) is 10.5. The molecule has 2 heterocycles. The van der Waals surface area contributed by atoms with Crippen molar-refractivity contribution in [3.63, 3.8) is 0 Å². The smallest absolute Gasteiger partial charge is 0.325 e. The number of carbonyl (C=O) groups is 4. The molecule has 0 spiro atoms. The second-order valence-electron chi connectivity index (χ2n) is 13.6. The number of hydrogen-bond donors (Lipinski definition) is 7. The number of aliphatic imine (C=N–C) groups is 1. The first-order valence-corrected chi connectivity index (χ1v) is 17.4. The lowest BCUT2D eigenvalue weighted by Crippen LogP contribution is -2.61. The number of guanidine groups is 1. The van der Waals surface area contributed by atoms with Gasteiger partial charge in [-0.25, -0.2) is 0 Å². The van der Waals surface area contributed by atoms with Crippen LogP contribution in [0, 0.1) is 0 Å². The van der Waals surface area contributed by atoms with Crippen LogP contribution in [-0.4, -0.2) is 106 Å². The Morgan fingerprint density at radius 3 is 2.18 bits per heavy atom. The van der Waals surface area contributed by atoms with Gasteiger partial charge in [0.2, 0.25) is 17.7 Å². The lowest BCUT2D eigenvalue weighted by Gasteiger charge is -2.42. The topological polar surface area (TPSA) is 235 Å². The summed E-state index contributed by atoms with van der Waals surface area (Å²) in [6, 6.07) is 16.0. The standard InChI is InChI=1S/C36H53N9O5/c1-24(42-28(15-10-18-41-35(38)39)32(47)44-20-17-36(40,23-44)34(49)50)30-16-8-9-19-45(30)33(48)29(22-26-13-6-3-7-14-26)43-31(46)27(37)21-25-11-4-2-5-12-25/h2-7,11-14,24,27-30,42H,8-10,15-23,37,40H2,1H3,(H,43,46)(H,49,50)(H4,38,39,41)/t24?,27-,28-,29-,30-,36?/m1/s1. The Hall–Kier alpha value is -4.53. The number of carboxylic acid groups (broad SMARTS) is 1. The van der Waals surface area contributed by atoms with E-state index in [2.05, 4.69) is 15.6 Å². The van der Waals surface area contributed by atoms with Crippen LogP contribution in [0.3, 0.4) is 0 Å². The molecule has 14 nitrogen and oxygen atoms in total. The molecule has 4 rings (SSSR count). The van der Waals surface area contributed by atoms with Gasteiger partial charge < -0.3 is 48.5 Å². The van der Waals surface area contributed by atoms with Crippen LogP contribution in [0.5, 0.6) is 0 Å². The molecular weight excluding hydrogens is 638 g/mol. The van der Waals surface area contributed by atoms with Gasteiger partial charge in [-0.05, 0) is 63.0 Å². The van der Waals surface area contributed by atoms with E-state index in [9.17, 15) is 24.3 Å². The van der Waals surface area contributed by atoms with Gasteiger partial charge in [0.15, 0.2) is 5.96 Å². The Bertz CT molecular complexity index is 1470. The third-order valence-corrected chi connectivity index (χ3v) is 9.69. The fourth-order valence-electron chi connectivity index (χ4n) is 6.87. The highest BCUT2D eigenvalue weighted by Gasteiger charge is 2.45. The minimum absolute atomic E-state index is 0.0438. The number of nitrogens with one attached hydrogen (secondary N) is 2.